The molecule has 0 aliphatic carbocycles. The van der Waals surface area contributed by atoms with Gasteiger partial charge in [0.2, 0.25) is 5.89 Å². The van der Waals surface area contributed by atoms with Gasteiger partial charge in [-0.1, -0.05) is 34.4 Å². The third kappa shape index (κ3) is 3.96. The Balaban J connectivity index is 1.62. The lowest BCUT2D eigenvalue weighted by Gasteiger charge is -2.20. The van der Waals surface area contributed by atoms with Crippen LogP contribution in [-0.2, 0) is 12.8 Å². The van der Waals surface area contributed by atoms with Crippen LogP contribution in [0.1, 0.15) is 30.1 Å². The summed E-state index contributed by atoms with van der Waals surface area (Å²) in [6, 6.07) is 5.55. The molecule has 0 spiro atoms. The first-order chi connectivity index (χ1) is 10.2. The highest BCUT2D eigenvalue weighted by atomic mass is 35.5. The molecule has 1 N–H and O–H groups in total. The van der Waals surface area contributed by atoms with E-state index in [0.717, 1.165) is 31.0 Å². The molecular weight excluding hydrogens is 309 g/mol. The second-order valence-electron chi connectivity index (χ2n) is 5.43. The molecular formula is C15H17Cl2N3O. The minimum Gasteiger partial charge on any atom is -0.339 e. The number of nitrogens with zero attached hydrogens (tertiary/aromatic N) is 2. The number of halogens is 2. The van der Waals surface area contributed by atoms with Crippen molar-refractivity contribution in [1.29, 1.82) is 0 Å². The Hall–Kier alpha value is -1.10. The summed E-state index contributed by atoms with van der Waals surface area (Å²) in [7, 11) is 0. The summed E-state index contributed by atoms with van der Waals surface area (Å²) >= 11 is 11.9. The molecule has 1 aliphatic rings. The van der Waals surface area contributed by atoms with Crippen molar-refractivity contribution < 1.29 is 4.52 Å². The smallest absolute Gasteiger partial charge is 0.226 e. The van der Waals surface area contributed by atoms with Crippen molar-refractivity contribution in [3.05, 3.63) is 45.5 Å². The van der Waals surface area contributed by atoms with Gasteiger partial charge in [0.1, 0.15) is 0 Å². The summed E-state index contributed by atoms with van der Waals surface area (Å²) in [5.41, 5.74) is 1.03. The largest absolute Gasteiger partial charge is 0.339 e. The highest BCUT2D eigenvalue weighted by Crippen LogP contribution is 2.23. The van der Waals surface area contributed by atoms with Crippen LogP contribution in [-0.4, -0.2) is 23.2 Å². The van der Waals surface area contributed by atoms with Gasteiger partial charge in [-0.3, -0.25) is 0 Å². The standard InChI is InChI=1S/C15H17Cl2N3O/c16-12-2-1-11(7-13(12)17)8-14-19-15(21-20-14)9-10-3-5-18-6-4-10/h1-2,7,10,18H,3-6,8-9H2. The van der Waals surface area contributed by atoms with Gasteiger partial charge in [0.15, 0.2) is 5.82 Å². The molecule has 4 nitrogen and oxygen atoms in total. The number of aromatic nitrogens is 2. The van der Waals surface area contributed by atoms with Crippen LogP contribution in [0.15, 0.2) is 22.7 Å². The molecule has 112 valence electrons. The van der Waals surface area contributed by atoms with Gasteiger partial charge in [-0.15, -0.1) is 0 Å². The van der Waals surface area contributed by atoms with E-state index < -0.39 is 0 Å². The van der Waals surface area contributed by atoms with E-state index in [-0.39, 0.29) is 0 Å². The van der Waals surface area contributed by atoms with E-state index in [9.17, 15) is 0 Å². The van der Waals surface area contributed by atoms with Crippen LogP contribution in [0.2, 0.25) is 10.0 Å². The molecule has 2 heterocycles. The average Bonchev–Trinajstić information content (AvgIpc) is 2.91. The zero-order chi connectivity index (χ0) is 14.7. The molecule has 1 aromatic heterocycles. The van der Waals surface area contributed by atoms with Gasteiger partial charge >= 0.3 is 0 Å². The lowest BCUT2D eigenvalue weighted by Crippen LogP contribution is -2.28. The van der Waals surface area contributed by atoms with Crippen molar-refractivity contribution in [3.63, 3.8) is 0 Å². The van der Waals surface area contributed by atoms with E-state index in [2.05, 4.69) is 15.5 Å². The number of benzene rings is 1. The maximum Gasteiger partial charge on any atom is 0.226 e. The van der Waals surface area contributed by atoms with Crippen LogP contribution >= 0.6 is 23.2 Å². The fourth-order valence-electron chi connectivity index (χ4n) is 2.61. The molecule has 6 heteroatoms. The van der Waals surface area contributed by atoms with Gasteiger partial charge in [0.25, 0.3) is 0 Å². The van der Waals surface area contributed by atoms with Gasteiger partial charge in [-0.25, -0.2) is 0 Å². The van der Waals surface area contributed by atoms with E-state index in [1.54, 1.807) is 6.07 Å². The van der Waals surface area contributed by atoms with Gasteiger partial charge in [0, 0.05) is 12.8 Å². The summed E-state index contributed by atoms with van der Waals surface area (Å²) < 4.78 is 5.35. The van der Waals surface area contributed by atoms with E-state index in [1.807, 2.05) is 12.1 Å². The minimum atomic E-state index is 0.549. The molecule has 1 fully saturated rings. The topological polar surface area (TPSA) is 51.0 Å². The van der Waals surface area contributed by atoms with Crippen molar-refractivity contribution in [2.45, 2.75) is 25.7 Å². The van der Waals surface area contributed by atoms with Gasteiger partial charge < -0.3 is 9.84 Å². The SMILES string of the molecule is Clc1ccc(Cc2noc(CC3CCNCC3)n2)cc1Cl. The Morgan fingerprint density at radius 3 is 2.76 bits per heavy atom. The molecule has 0 bridgehead atoms. The van der Waals surface area contributed by atoms with Crippen molar-refractivity contribution in [2.24, 2.45) is 5.92 Å². The summed E-state index contributed by atoms with van der Waals surface area (Å²) in [5.74, 6) is 2.07. The van der Waals surface area contributed by atoms with Crippen LogP contribution in [0.25, 0.3) is 0 Å². The third-order valence-corrected chi connectivity index (χ3v) is 4.52. The minimum absolute atomic E-state index is 0.549. The Morgan fingerprint density at radius 2 is 2.00 bits per heavy atom. The van der Waals surface area contributed by atoms with Crippen LogP contribution in [0.4, 0.5) is 0 Å². The number of hydrogen-bond acceptors (Lipinski definition) is 4. The van der Waals surface area contributed by atoms with Gasteiger partial charge in [0.05, 0.1) is 10.0 Å². The monoisotopic (exact) mass is 325 g/mol. The fourth-order valence-corrected chi connectivity index (χ4v) is 2.93. The molecule has 21 heavy (non-hydrogen) atoms. The molecule has 1 aromatic carbocycles. The Morgan fingerprint density at radius 1 is 1.19 bits per heavy atom. The predicted molar refractivity (Wildman–Crippen MR) is 82.9 cm³/mol. The lowest BCUT2D eigenvalue weighted by molar-refractivity contribution is 0.312. The van der Waals surface area contributed by atoms with Crippen molar-refractivity contribution in [1.82, 2.24) is 15.5 Å². The molecule has 0 atom stereocenters. The molecule has 2 aromatic rings. The van der Waals surface area contributed by atoms with E-state index in [1.165, 1.54) is 12.8 Å². The number of rotatable bonds is 4. The maximum atomic E-state index is 6.01. The maximum absolute atomic E-state index is 6.01. The predicted octanol–water partition coefficient (Wildman–Crippen LogP) is 3.51. The molecule has 3 rings (SSSR count). The summed E-state index contributed by atoms with van der Waals surface area (Å²) in [5, 5.41) is 8.51. The highest BCUT2D eigenvalue weighted by Gasteiger charge is 2.17. The molecule has 1 aliphatic heterocycles. The molecule has 0 amide bonds. The number of nitrogens with one attached hydrogen (secondary N) is 1. The lowest BCUT2D eigenvalue weighted by atomic mass is 9.95. The van der Waals surface area contributed by atoms with Crippen molar-refractivity contribution in [3.8, 4) is 0 Å². The Bertz CT molecular complexity index is 609. The van der Waals surface area contributed by atoms with Crippen LogP contribution in [0, 0.1) is 5.92 Å². The molecule has 1 saturated heterocycles. The molecule has 0 unspecified atom stereocenters. The van der Waals surface area contributed by atoms with Gasteiger partial charge in [-0.05, 0) is 49.5 Å². The van der Waals surface area contributed by atoms with Crippen molar-refractivity contribution >= 4 is 23.2 Å². The highest BCUT2D eigenvalue weighted by molar-refractivity contribution is 6.42. The fraction of sp³-hybridized carbons (Fsp3) is 0.467. The number of hydrogen-bond donors (Lipinski definition) is 1. The second kappa shape index (κ2) is 6.77. The first-order valence-corrected chi connectivity index (χ1v) is 7.92. The van der Waals surface area contributed by atoms with Crippen LogP contribution in [0.5, 0.6) is 0 Å². The first-order valence-electron chi connectivity index (χ1n) is 7.17. The zero-order valence-corrected chi connectivity index (χ0v) is 13.1. The third-order valence-electron chi connectivity index (χ3n) is 3.78. The normalized spacial score (nSPS) is 16.3. The van der Waals surface area contributed by atoms with E-state index >= 15 is 0 Å². The van der Waals surface area contributed by atoms with Crippen LogP contribution < -0.4 is 5.32 Å². The summed E-state index contributed by atoms with van der Waals surface area (Å²) in [6.07, 6.45) is 3.82. The second-order valence-corrected chi connectivity index (χ2v) is 6.24. The Labute approximate surface area is 133 Å². The Kier molecular flexibility index (Phi) is 4.78. The van der Waals surface area contributed by atoms with E-state index in [4.69, 9.17) is 27.7 Å². The van der Waals surface area contributed by atoms with Gasteiger partial charge in [-0.2, -0.15) is 4.98 Å². The van der Waals surface area contributed by atoms with Crippen molar-refractivity contribution in [2.75, 3.05) is 13.1 Å². The zero-order valence-electron chi connectivity index (χ0n) is 11.6. The number of piperidine rings is 1. The molecule has 0 saturated carbocycles. The first kappa shape index (κ1) is 14.8. The summed E-state index contributed by atoms with van der Waals surface area (Å²) in [6.45, 7) is 2.16. The molecule has 0 radical (unpaired) electrons. The average molecular weight is 326 g/mol. The van der Waals surface area contributed by atoms with E-state index in [0.29, 0.717) is 28.2 Å². The summed E-state index contributed by atoms with van der Waals surface area (Å²) in [4.78, 5) is 4.48. The quantitative estimate of drug-likeness (QED) is 0.934. The van der Waals surface area contributed by atoms with Crippen LogP contribution in [0.3, 0.4) is 0 Å².